The van der Waals surface area contributed by atoms with E-state index in [-0.39, 0.29) is 17.3 Å². The first-order chi connectivity index (χ1) is 13.6. The third-order valence-corrected chi connectivity index (χ3v) is 5.91. The second-order valence-electron chi connectivity index (χ2n) is 8.93. The highest BCUT2D eigenvalue weighted by Crippen LogP contribution is 2.44. The van der Waals surface area contributed by atoms with Crippen LogP contribution in [0.3, 0.4) is 0 Å². The summed E-state index contributed by atoms with van der Waals surface area (Å²) in [4.78, 5) is 23.9. The van der Waals surface area contributed by atoms with Crippen molar-refractivity contribution in [2.24, 2.45) is 10.7 Å². The number of carbonyl (C=O) groups excluding carboxylic acids is 1. The van der Waals surface area contributed by atoms with Gasteiger partial charge >= 0.3 is 0 Å². The molecule has 0 bridgehead atoms. The minimum atomic E-state index is -0.824. The molecular formula is C23H27N5O. The Hall–Kier alpha value is -3.15. The predicted molar refractivity (Wildman–Crippen MR) is 115 cm³/mol. The minimum absolute atomic E-state index is 0.0459. The molecule has 0 aliphatic carbocycles. The van der Waals surface area contributed by atoms with Crippen LogP contribution >= 0.6 is 0 Å². The van der Waals surface area contributed by atoms with Gasteiger partial charge in [-0.25, -0.2) is 9.98 Å². The second-order valence-corrected chi connectivity index (χ2v) is 8.93. The number of nitrogens with zero attached hydrogens (tertiary/aromatic N) is 4. The molecule has 1 unspecified atom stereocenters. The number of hydrogen-bond donors (Lipinski definition) is 1. The van der Waals surface area contributed by atoms with Gasteiger partial charge in [0.15, 0.2) is 5.96 Å². The quantitative estimate of drug-likeness (QED) is 0.730. The van der Waals surface area contributed by atoms with E-state index in [0.717, 1.165) is 16.8 Å². The highest BCUT2D eigenvalue weighted by atomic mass is 16.2. The number of aromatic nitrogens is 2. The molecule has 6 heteroatoms. The third-order valence-electron chi connectivity index (χ3n) is 5.91. The zero-order valence-corrected chi connectivity index (χ0v) is 17.5. The molecule has 1 aromatic carbocycles. The first kappa shape index (κ1) is 19.2. The van der Waals surface area contributed by atoms with Crippen molar-refractivity contribution >= 4 is 17.5 Å². The lowest BCUT2D eigenvalue weighted by molar-refractivity contribution is -0.130. The van der Waals surface area contributed by atoms with Crippen molar-refractivity contribution in [2.45, 2.75) is 44.6 Å². The van der Waals surface area contributed by atoms with Crippen LogP contribution in [0.2, 0.25) is 0 Å². The van der Waals surface area contributed by atoms with E-state index in [1.165, 1.54) is 10.5 Å². The Morgan fingerprint density at radius 2 is 1.79 bits per heavy atom. The average molecular weight is 390 g/mol. The van der Waals surface area contributed by atoms with Crippen LogP contribution in [-0.4, -0.2) is 33.2 Å². The molecule has 0 saturated heterocycles. The van der Waals surface area contributed by atoms with Gasteiger partial charge in [-0.2, -0.15) is 0 Å². The summed E-state index contributed by atoms with van der Waals surface area (Å²) in [6.45, 7) is 8.51. The molecule has 0 saturated carbocycles. The largest absolute Gasteiger partial charge is 0.369 e. The summed E-state index contributed by atoms with van der Waals surface area (Å²) in [5, 5.41) is 0. The lowest BCUT2D eigenvalue weighted by Crippen LogP contribution is -2.52. The molecule has 0 spiro atoms. The van der Waals surface area contributed by atoms with Crippen molar-refractivity contribution in [1.29, 1.82) is 0 Å². The van der Waals surface area contributed by atoms with Gasteiger partial charge in [0, 0.05) is 25.6 Å². The van der Waals surface area contributed by atoms with E-state index in [1.807, 2.05) is 48.0 Å². The van der Waals surface area contributed by atoms with E-state index in [9.17, 15) is 4.79 Å². The minimum Gasteiger partial charge on any atom is -0.369 e. The summed E-state index contributed by atoms with van der Waals surface area (Å²) >= 11 is 0. The van der Waals surface area contributed by atoms with Gasteiger partial charge in [-0.1, -0.05) is 51.1 Å². The van der Waals surface area contributed by atoms with Gasteiger partial charge < -0.3 is 10.1 Å². The van der Waals surface area contributed by atoms with Crippen LogP contribution in [0.5, 0.6) is 0 Å². The first-order valence-electron chi connectivity index (χ1n) is 9.78. The molecule has 1 amide bonds. The maximum absolute atomic E-state index is 13.4. The number of nitrogens with two attached hydrogens (primary N) is 1. The smallest absolute Gasteiger partial charge is 0.239 e. The van der Waals surface area contributed by atoms with Crippen molar-refractivity contribution in [3.8, 4) is 0 Å². The van der Waals surface area contributed by atoms with Gasteiger partial charge in [0.25, 0.3) is 0 Å². The summed E-state index contributed by atoms with van der Waals surface area (Å²) in [5.74, 6) is -0.310. The van der Waals surface area contributed by atoms with Crippen molar-refractivity contribution in [1.82, 2.24) is 14.3 Å². The number of amides is 1. The number of likely N-dealkylation sites (N-methyl/N-ethyl adjacent to an activating group) is 1. The number of rotatable bonds is 2. The van der Waals surface area contributed by atoms with Crippen molar-refractivity contribution in [3.05, 3.63) is 71.7 Å². The number of hydrogen-bond acceptors (Lipinski definition) is 4. The number of fused-ring (bicyclic) bond motifs is 1. The number of benzene rings is 1. The van der Waals surface area contributed by atoms with Crippen LogP contribution in [0.4, 0.5) is 0 Å². The molecule has 2 atom stereocenters. The molecule has 29 heavy (non-hydrogen) atoms. The summed E-state index contributed by atoms with van der Waals surface area (Å²) in [6, 6.07) is 12.2. The fraction of sp³-hybridized carbons (Fsp3) is 0.348. The number of imidazole rings is 1. The Balaban J connectivity index is 1.87. The van der Waals surface area contributed by atoms with Gasteiger partial charge in [-0.05, 0) is 35.1 Å². The molecule has 150 valence electrons. The van der Waals surface area contributed by atoms with Crippen LogP contribution in [0.15, 0.2) is 60.0 Å². The van der Waals surface area contributed by atoms with Gasteiger partial charge in [0.05, 0.1) is 5.92 Å². The van der Waals surface area contributed by atoms with Crippen LogP contribution in [0.25, 0.3) is 5.65 Å². The molecule has 3 heterocycles. The van der Waals surface area contributed by atoms with E-state index in [2.05, 4.69) is 37.9 Å². The van der Waals surface area contributed by atoms with E-state index in [0.29, 0.717) is 0 Å². The molecule has 2 aromatic heterocycles. The summed E-state index contributed by atoms with van der Waals surface area (Å²) < 4.78 is 1.94. The third kappa shape index (κ3) is 3.09. The predicted octanol–water partition coefficient (Wildman–Crippen LogP) is 3.42. The maximum Gasteiger partial charge on any atom is 0.239 e. The van der Waals surface area contributed by atoms with E-state index < -0.39 is 11.5 Å². The first-order valence-corrected chi connectivity index (χ1v) is 9.78. The van der Waals surface area contributed by atoms with E-state index in [1.54, 1.807) is 13.2 Å². The number of guanidine groups is 1. The Morgan fingerprint density at radius 3 is 2.45 bits per heavy atom. The monoisotopic (exact) mass is 389 g/mol. The molecule has 6 nitrogen and oxygen atoms in total. The van der Waals surface area contributed by atoms with Crippen molar-refractivity contribution in [2.75, 3.05) is 7.05 Å². The molecule has 1 aliphatic heterocycles. The maximum atomic E-state index is 13.4. The van der Waals surface area contributed by atoms with Crippen LogP contribution in [0, 0.1) is 0 Å². The fourth-order valence-electron chi connectivity index (χ4n) is 4.02. The van der Waals surface area contributed by atoms with Crippen LogP contribution < -0.4 is 5.73 Å². The second kappa shape index (κ2) is 6.44. The lowest BCUT2D eigenvalue weighted by atomic mass is 9.74. The summed E-state index contributed by atoms with van der Waals surface area (Å²) in [6.07, 6.45) is 5.62. The molecule has 4 rings (SSSR count). The SMILES string of the molecule is CN1C(=O)C(c2ccc(C(C)(C)C)cc2)[C@@](C)(c2ccc3nccn3c2)N=C1N. The number of aliphatic imine (C=N–C) groups is 1. The van der Waals surface area contributed by atoms with Gasteiger partial charge in [-0.3, -0.25) is 9.69 Å². The Morgan fingerprint density at radius 1 is 1.10 bits per heavy atom. The number of carbonyl (C=O) groups is 1. The van der Waals surface area contributed by atoms with Crippen molar-refractivity contribution < 1.29 is 4.79 Å². The van der Waals surface area contributed by atoms with Gasteiger partial charge in [-0.15, -0.1) is 0 Å². The number of pyridine rings is 1. The molecule has 3 aromatic rings. The Bertz CT molecular complexity index is 1110. The van der Waals surface area contributed by atoms with Gasteiger partial charge in [0.1, 0.15) is 11.2 Å². The summed E-state index contributed by atoms with van der Waals surface area (Å²) in [7, 11) is 1.68. The van der Waals surface area contributed by atoms with Crippen LogP contribution in [0.1, 0.15) is 50.3 Å². The highest BCUT2D eigenvalue weighted by molar-refractivity contribution is 6.02. The summed E-state index contributed by atoms with van der Waals surface area (Å²) in [5.41, 5.74) is 9.27. The zero-order valence-electron chi connectivity index (χ0n) is 17.5. The normalized spacial score (nSPS) is 22.8. The van der Waals surface area contributed by atoms with Gasteiger partial charge in [0.2, 0.25) is 5.91 Å². The highest BCUT2D eigenvalue weighted by Gasteiger charge is 2.47. The topological polar surface area (TPSA) is 76.0 Å². The Labute approximate surface area is 171 Å². The molecule has 2 N–H and O–H groups in total. The molecular weight excluding hydrogens is 362 g/mol. The Kier molecular flexibility index (Phi) is 4.26. The zero-order chi connectivity index (χ0) is 21.0. The van der Waals surface area contributed by atoms with E-state index >= 15 is 0 Å². The molecule has 1 aliphatic rings. The van der Waals surface area contributed by atoms with E-state index in [4.69, 9.17) is 10.7 Å². The van der Waals surface area contributed by atoms with Crippen LogP contribution in [-0.2, 0) is 15.7 Å². The lowest BCUT2D eigenvalue weighted by Gasteiger charge is -2.41. The average Bonchev–Trinajstić information content (AvgIpc) is 3.14. The molecule has 0 fully saturated rings. The van der Waals surface area contributed by atoms with Crippen molar-refractivity contribution in [3.63, 3.8) is 0 Å². The molecule has 0 radical (unpaired) electrons. The standard InChI is InChI=1S/C23H27N5O/c1-22(2,3)16-8-6-15(7-9-16)19-20(29)27(5)21(24)26-23(19,4)17-10-11-18-25-12-13-28(18)14-17/h6-14,19H,1-5H3,(H2,24,26)/t19?,23-/m1/s1. The fourth-order valence-corrected chi connectivity index (χ4v) is 4.02.